The summed E-state index contributed by atoms with van der Waals surface area (Å²) in [7, 11) is 0. The highest BCUT2D eigenvalue weighted by atomic mass is 35.5. The molecule has 1 heterocycles. The third-order valence-corrected chi connectivity index (χ3v) is 5.87. The highest BCUT2D eigenvalue weighted by Gasteiger charge is 2.36. The number of hydrogen-bond acceptors (Lipinski definition) is 5. The van der Waals surface area contributed by atoms with E-state index >= 15 is 0 Å². The second-order valence-corrected chi connectivity index (χ2v) is 8.90. The van der Waals surface area contributed by atoms with Crippen molar-refractivity contribution in [2.24, 2.45) is 0 Å². The highest BCUT2D eigenvalue weighted by molar-refractivity contribution is 6.39. The standard InChI is InChI=1S/C26H19Cl3N2O5/c1-2-35-22-13-16(12-21(29)23(22)36-14-15-4-3-5-18(28)10-15)11-20-24(32)30-26(34)31(25(20)33)19-8-6-17(27)7-9-19/h3-13H,2,14H2,1H3,(H,30,32,34)/b20-11+. The summed E-state index contributed by atoms with van der Waals surface area (Å²) in [5.41, 5.74) is 1.25. The molecule has 36 heavy (non-hydrogen) atoms. The zero-order valence-electron chi connectivity index (χ0n) is 18.9. The second kappa shape index (κ2) is 11.0. The molecule has 0 aromatic heterocycles. The molecule has 3 aromatic carbocycles. The Labute approximate surface area is 222 Å². The van der Waals surface area contributed by atoms with E-state index < -0.39 is 17.8 Å². The van der Waals surface area contributed by atoms with Crippen molar-refractivity contribution >= 4 is 64.4 Å². The van der Waals surface area contributed by atoms with Crippen molar-refractivity contribution in [3.8, 4) is 11.5 Å². The molecule has 4 amide bonds. The number of carbonyl (C=O) groups excluding carboxylic acids is 3. The van der Waals surface area contributed by atoms with Gasteiger partial charge in [-0.3, -0.25) is 14.9 Å². The SMILES string of the molecule is CCOc1cc(/C=C2\C(=O)NC(=O)N(c3ccc(Cl)cc3)C2=O)cc(Cl)c1OCc1cccc(Cl)c1. The maximum Gasteiger partial charge on any atom is 0.335 e. The van der Waals surface area contributed by atoms with Crippen LogP contribution in [0.25, 0.3) is 6.08 Å². The maximum absolute atomic E-state index is 13.1. The molecule has 1 N–H and O–H groups in total. The van der Waals surface area contributed by atoms with E-state index in [-0.39, 0.29) is 22.9 Å². The van der Waals surface area contributed by atoms with Crippen molar-refractivity contribution in [2.45, 2.75) is 13.5 Å². The van der Waals surface area contributed by atoms with Crippen molar-refractivity contribution in [2.75, 3.05) is 11.5 Å². The Morgan fingerprint density at radius 2 is 1.67 bits per heavy atom. The molecule has 0 saturated carbocycles. The van der Waals surface area contributed by atoms with E-state index in [0.717, 1.165) is 10.5 Å². The van der Waals surface area contributed by atoms with Gasteiger partial charge < -0.3 is 9.47 Å². The van der Waals surface area contributed by atoms with E-state index in [9.17, 15) is 14.4 Å². The van der Waals surface area contributed by atoms with E-state index in [0.29, 0.717) is 33.7 Å². The van der Waals surface area contributed by atoms with E-state index in [4.69, 9.17) is 44.3 Å². The van der Waals surface area contributed by atoms with Crippen molar-refractivity contribution in [3.63, 3.8) is 0 Å². The van der Waals surface area contributed by atoms with Crippen LogP contribution >= 0.6 is 34.8 Å². The number of hydrogen-bond donors (Lipinski definition) is 1. The number of barbiturate groups is 1. The van der Waals surface area contributed by atoms with Gasteiger partial charge in [0.2, 0.25) is 0 Å². The average Bonchev–Trinajstić information content (AvgIpc) is 2.82. The molecule has 4 rings (SSSR count). The number of imide groups is 2. The van der Waals surface area contributed by atoms with Gasteiger partial charge in [-0.15, -0.1) is 0 Å². The highest BCUT2D eigenvalue weighted by Crippen LogP contribution is 2.38. The minimum absolute atomic E-state index is 0.194. The van der Waals surface area contributed by atoms with E-state index in [1.54, 1.807) is 25.1 Å². The van der Waals surface area contributed by atoms with Gasteiger partial charge in [-0.1, -0.05) is 46.9 Å². The number of anilines is 1. The van der Waals surface area contributed by atoms with Crippen LogP contribution < -0.4 is 19.7 Å². The second-order valence-electron chi connectivity index (χ2n) is 7.62. The first-order valence-electron chi connectivity index (χ1n) is 10.8. The largest absolute Gasteiger partial charge is 0.490 e. The number of ether oxygens (including phenoxy) is 2. The predicted molar refractivity (Wildman–Crippen MR) is 139 cm³/mol. The molecule has 0 aliphatic carbocycles. The number of urea groups is 1. The third kappa shape index (κ3) is 5.65. The van der Waals surface area contributed by atoms with Crippen LogP contribution in [0.4, 0.5) is 10.5 Å². The molecule has 0 bridgehead atoms. The summed E-state index contributed by atoms with van der Waals surface area (Å²) in [6.07, 6.45) is 1.34. The molecule has 1 aliphatic rings. The Kier molecular flexibility index (Phi) is 7.84. The first kappa shape index (κ1) is 25.6. The Bertz CT molecular complexity index is 1370. The molecule has 0 unspecified atom stereocenters. The number of amides is 4. The van der Waals surface area contributed by atoms with Crippen molar-refractivity contribution in [1.29, 1.82) is 0 Å². The van der Waals surface area contributed by atoms with Crippen LogP contribution in [0.5, 0.6) is 11.5 Å². The normalized spacial score (nSPS) is 14.7. The number of halogens is 3. The lowest BCUT2D eigenvalue weighted by molar-refractivity contribution is -0.122. The van der Waals surface area contributed by atoms with Crippen molar-refractivity contribution in [3.05, 3.63) is 92.4 Å². The molecular formula is C26H19Cl3N2O5. The summed E-state index contributed by atoms with van der Waals surface area (Å²) >= 11 is 18.4. The minimum Gasteiger partial charge on any atom is -0.490 e. The number of carbonyl (C=O) groups is 3. The minimum atomic E-state index is -0.859. The lowest BCUT2D eigenvalue weighted by Gasteiger charge is -2.26. The van der Waals surface area contributed by atoms with E-state index in [1.807, 2.05) is 12.1 Å². The molecule has 10 heteroatoms. The smallest absolute Gasteiger partial charge is 0.335 e. The Balaban J connectivity index is 1.65. The number of nitrogens with one attached hydrogen (secondary N) is 1. The van der Waals surface area contributed by atoms with Crippen LogP contribution in [-0.4, -0.2) is 24.5 Å². The molecule has 184 valence electrons. The molecule has 0 radical (unpaired) electrons. The van der Waals surface area contributed by atoms with Crippen LogP contribution in [-0.2, 0) is 16.2 Å². The molecule has 7 nitrogen and oxygen atoms in total. The zero-order valence-corrected chi connectivity index (χ0v) is 21.2. The maximum atomic E-state index is 13.1. The van der Waals surface area contributed by atoms with E-state index in [1.165, 1.54) is 36.4 Å². The fourth-order valence-electron chi connectivity index (χ4n) is 3.51. The van der Waals surface area contributed by atoms with Crippen molar-refractivity contribution < 1.29 is 23.9 Å². The van der Waals surface area contributed by atoms with Gasteiger partial charge in [-0.05, 0) is 72.7 Å². The summed E-state index contributed by atoms with van der Waals surface area (Å²) in [5.74, 6) is -0.988. The molecule has 3 aromatic rings. The van der Waals surface area contributed by atoms with Gasteiger partial charge in [0, 0.05) is 10.0 Å². The molecule has 1 aliphatic heterocycles. The lowest BCUT2D eigenvalue weighted by Crippen LogP contribution is -2.54. The third-order valence-electron chi connectivity index (χ3n) is 5.10. The summed E-state index contributed by atoms with van der Waals surface area (Å²) < 4.78 is 11.6. The lowest BCUT2D eigenvalue weighted by atomic mass is 10.1. The number of benzene rings is 3. The fourth-order valence-corrected chi connectivity index (χ4v) is 4.12. The van der Waals surface area contributed by atoms with Gasteiger partial charge in [0.1, 0.15) is 12.2 Å². The molecule has 1 saturated heterocycles. The molecule has 1 fully saturated rings. The van der Waals surface area contributed by atoms with Crippen molar-refractivity contribution in [1.82, 2.24) is 5.32 Å². The van der Waals surface area contributed by atoms with Gasteiger partial charge in [-0.2, -0.15) is 0 Å². The van der Waals surface area contributed by atoms with Crippen LogP contribution in [0.15, 0.2) is 66.2 Å². The van der Waals surface area contributed by atoms with Gasteiger partial charge >= 0.3 is 6.03 Å². The fraction of sp³-hybridized carbons (Fsp3) is 0.115. The number of rotatable bonds is 7. The molecular weight excluding hydrogens is 527 g/mol. The van der Waals surface area contributed by atoms with Crippen LogP contribution in [0.2, 0.25) is 15.1 Å². The first-order valence-corrected chi connectivity index (χ1v) is 11.9. The summed E-state index contributed by atoms with van der Waals surface area (Å²) in [6.45, 7) is 2.31. The van der Waals surface area contributed by atoms with E-state index in [2.05, 4.69) is 5.32 Å². The van der Waals surface area contributed by atoms with Gasteiger partial charge in [0.25, 0.3) is 11.8 Å². The van der Waals surface area contributed by atoms with Gasteiger partial charge in [-0.25, -0.2) is 9.69 Å². The molecule has 0 atom stereocenters. The predicted octanol–water partition coefficient (Wildman–Crippen LogP) is 6.29. The van der Waals surface area contributed by atoms with Crippen LogP contribution in [0.3, 0.4) is 0 Å². The summed E-state index contributed by atoms with van der Waals surface area (Å²) in [4.78, 5) is 38.9. The summed E-state index contributed by atoms with van der Waals surface area (Å²) in [6, 6.07) is 15.6. The topological polar surface area (TPSA) is 84.9 Å². The van der Waals surface area contributed by atoms with Gasteiger partial charge in [0.05, 0.1) is 17.3 Å². The van der Waals surface area contributed by atoms with Crippen LogP contribution in [0, 0.1) is 0 Å². The van der Waals surface area contributed by atoms with Crippen LogP contribution in [0.1, 0.15) is 18.1 Å². The van der Waals surface area contributed by atoms with Gasteiger partial charge in [0.15, 0.2) is 11.5 Å². The summed E-state index contributed by atoms with van der Waals surface area (Å²) in [5, 5.41) is 3.41. The Morgan fingerprint density at radius 3 is 2.36 bits per heavy atom. The number of nitrogens with zero attached hydrogens (tertiary/aromatic N) is 1. The molecule has 0 spiro atoms. The Morgan fingerprint density at radius 1 is 0.917 bits per heavy atom. The average molecular weight is 546 g/mol. The Hall–Kier alpha value is -3.52. The zero-order chi connectivity index (χ0) is 25.8. The quantitative estimate of drug-likeness (QED) is 0.279. The monoisotopic (exact) mass is 544 g/mol. The first-order chi connectivity index (χ1) is 17.3.